The summed E-state index contributed by atoms with van der Waals surface area (Å²) >= 11 is 0. The highest BCUT2D eigenvalue weighted by Crippen LogP contribution is 2.36. The van der Waals surface area contributed by atoms with Gasteiger partial charge in [0.25, 0.3) is 11.8 Å². The van der Waals surface area contributed by atoms with Crippen LogP contribution < -0.4 is 10.6 Å². The van der Waals surface area contributed by atoms with Gasteiger partial charge >= 0.3 is 12.1 Å². The van der Waals surface area contributed by atoms with E-state index in [2.05, 4.69) is 5.32 Å². The average Bonchev–Trinajstić information content (AvgIpc) is 2.90. The van der Waals surface area contributed by atoms with Gasteiger partial charge < -0.3 is 15.7 Å². The molecule has 0 saturated heterocycles. The topological polar surface area (TPSA) is 95.5 Å². The fourth-order valence-corrected chi connectivity index (χ4v) is 4.30. The van der Waals surface area contributed by atoms with Gasteiger partial charge in [0.05, 0.1) is 6.54 Å². The molecule has 11 heteroatoms. The molecule has 0 radical (unpaired) electrons. The van der Waals surface area contributed by atoms with E-state index < -0.39 is 54.3 Å². The van der Waals surface area contributed by atoms with Crippen LogP contribution in [0.4, 0.5) is 22.0 Å². The van der Waals surface area contributed by atoms with Gasteiger partial charge in [0.1, 0.15) is 6.04 Å². The number of fused-ring (bicyclic) bond motifs is 3. The Morgan fingerprint density at radius 3 is 2.22 bits per heavy atom. The van der Waals surface area contributed by atoms with Crippen LogP contribution in [0.1, 0.15) is 49.8 Å². The third-order valence-corrected chi connectivity index (χ3v) is 6.29. The Morgan fingerprint density at radius 2 is 1.57 bits per heavy atom. The summed E-state index contributed by atoms with van der Waals surface area (Å²) in [6.07, 6.45) is -5.39. The average molecular weight is 527 g/mol. The zero-order valence-corrected chi connectivity index (χ0v) is 20.0. The summed E-state index contributed by atoms with van der Waals surface area (Å²) in [5.41, 5.74) is -0.114. The van der Waals surface area contributed by atoms with Gasteiger partial charge in [0.15, 0.2) is 5.78 Å². The highest BCUT2D eigenvalue weighted by molar-refractivity contribution is 6.09. The van der Waals surface area contributed by atoms with Crippen molar-refractivity contribution in [3.05, 3.63) is 59.7 Å². The van der Waals surface area contributed by atoms with Crippen LogP contribution >= 0.6 is 0 Å². The molecule has 0 bridgehead atoms. The van der Waals surface area contributed by atoms with E-state index in [0.29, 0.717) is 24.0 Å². The van der Waals surface area contributed by atoms with Crippen molar-refractivity contribution < 1.29 is 41.4 Å². The summed E-state index contributed by atoms with van der Waals surface area (Å²) in [4.78, 5) is 38.9. The van der Waals surface area contributed by atoms with Crippen LogP contribution in [-0.4, -0.2) is 46.9 Å². The highest BCUT2D eigenvalue weighted by Gasteiger charge is 2.58. The number of ketones is 1. The fraction of sp³-hybridized carbons (Fsp3) is 0.423. The van der Waals surface area contributed by atoms with Crippen LogP contribution in [-0.2, 0) is 20.8 Å². The second kappa shape index (κ2) is 11.0. The van der Waals surface area contributed by atoms with Gasteiger partial charge in [-0.1, -0.05) is 61.9 Å². The van der Waals surface area contributed by atoms with E-state index in [1.54, 1.807) is 24.3 Å². The molecule has 200 valence electrons. The first-order valence-electron chi connectivity index (χ1n) is 11.8. The van der Waals surface area contributed by atoms with Crippen LogP contribution in [0.25, 0.3) is 11.1 Å². The summed E-state index contributed by atoms with van der Waals surface area (Å²) in [6, 6.07) is 13.0. The fourth-order valence-electron chi connectivity index (χ4n) is 4.30. The lowest BCUT2D eigenvalue weighted by molar-refractivity contribution is -0.278. The van der Waals surface area contributed by atoms with Crippen molar-refractivity contribution >= 4 is 17.6 Å². The largest absolute Gasteiger partial charge is 0.455 e. The number of hydrogen-bond donors (Lipinski definition) is 3. The third kappa shape index (κ3) is 5.98. The normalized spacial score (nSPS) is 17.8. The summed E-state index contributed by atoms with van der Waals surface area (Å²) < 4.78 is 64.2. The van der Waals surface area contributed by atoms with Crippen molar-refractivity contribution in [3.8, 4) is 11.1 Å². The summed E-state index contributed by atoms with van der Waals surface area (Å²) in [6.45, 7) is -0.677. The smallest absolute Gasteiger partial charge is 0.372 e. The van der Waals surface area contributed by atoms with Gasteiger partial charge in [-0.05, 0) is 41.5 Å². The first-order chi connectivity index (χ1) is 17.3. The number of carbonyl (C=O) groups excluding carboxylic acids is 3. The van der Waals surface area contributed by atoms with Gasteiger partial charge in [-0.15, -0.1) is 0 Å². The standard InChI is InChI=1S/C26H27F5N2O4/c1-2-14-24(37,22(35)32-15-25(27,28)26(29,30)31)23(36)33-21-19-12-6-5-11-18(19)17-10-4-3-8-16(17)9-7-13-20(21)34/h3-6,8,10-12,21,37H,2,7,9,13-15H2,1H3,(H,32,35)(H,33,36)/t21-,24?/m0/s1. The number of nitrogens with one attached hydrogen (secondary N) is 2. The predicted octanol–water partition coefficient (Wildman–Crippen LogP) is 4.26. The number of rotatable bonds is 7. The molecule has 1 aliphatic rings. The van der Waals surface area contributed by atoms with E-state index >= 15 is 0 Å². The molecule has 0 aromatic heterocycles. The van der Waals surface area contributed by atoms with Crippen molar-refractivity contribution in [1.82, 2.24) is 10.6 Å². The van der Waals surface area contributed by atoms with Crippen molar-refractivity contribution in [3.63, 3.8) is 0 Å². The molecule has 2 atom stereocenters. The predicted molar refractivity (Wildman–Crippen MR) is 125 cm³/mol. The van der Waals surface area contributed by atoms with E-state index in [1.165, 1.54) is 12.2 Å². The molecular formula is C26H27F5N2O4. The Hall–Kier alpha value is -3.34. The first kappa shape index (κ1) is 28.2. The van der Waals surface area contributed by atoms with Gasteiger partial charge in [0.2, 0.25) is 5.60 Å². The molecule has 6 nitrogen and oxygen atoms in total. The molecule has 0 spiro atoms. The van der Waals surface area contributed by atoms with E-state index in [1.807, 2.05) is 24.3 Å². The zero-order chi connectivity index (χ0) is 27.4. The molecule has 3 N–H and O–H groups in total. The van der Waals surface area contributed by atoms with Crippen molar-refractivity contribution in [2.24, 2.45) is 0 Å². The van der Waals surface area contributed by atoms with Gasteiger partial charge in [0, 0.05) is 6.42 Å². The monoisotopic (exact) mass is 526 g/mol. The second-order valence-corrected chi connectivity index (χ2v) is 8.97. The van der Waals surface area contributed by atoms with Crippen LogP contribution in [0.3, 0.4) is 0 Å². The van der Waals surface area contributed by atoms with Crippen LogP contribution in [0.15, 0.2) is 48.5 Å². The number of aryl methyl sites for hydroxylation is 1. The SMILES string of the molecule is CCCC(O)(C(=O)NCC(F)(F)C(F)(F)F)C(=O)N[C@@H]1C(=O)CCCc2ccccc2-c2ccccc21. The number of hydrogen-bond acceptors (Lipinski definition) is 4. The van der Waals surface area contributed by atoms with Crippen molar-refractivity contribution in [2.45, 2.75) is 62.8 Å². The lowest BCUT2D eigenvalue weighted by Crippen LogP contribution is -2.60. The second-order valence-electron chi connectivity index (χ2n) is 8.97. The minimum absolute atomic E-state index is 0.00950. The van der Waals surface area contributed by atoms with Crippen LogP contribution in [0.2, 0.25) is 0 Å². The van der Waals surface area contributed by atoms with Crippen molar-refractivity contribution in [1.29, 1.82) is 0 Å². The minimum atomic E-state index is -5.94. The summed E-state index contributed by atoms with van der Waals surface area (Å²) in [5.74, 6) is -8.77. The Balaban J connectivity index is 1.94. The lowest BCUT2D eigenvalue weighted by Gasteiger charge is -2.29. The van der Waals surface area contributed by atoms with E-state index in [4.69, 9.17) is 0 Å². The lowest BCUT2D eigenvalue weighted by atomic mass is 9.89. The zero-order valence-electron chi connectivity index (χ0n) is 20.0. The summed E-state index contributed by atoms with van der Waals surface area (Å²) in [5, 5.41) is 14.6. The van der Waals surface area contributed by atoms with E-state index in [9.17, 15) is 41.4 Å². The number of halogens is 5. The molecule has 3 rings (SSSR count). The van der Waals surface area contributed by atoms with Gasteiger partial charge in [-0.2, -0.15) is 22.0 Å². The Bertz CT molecular complexity index is 1170. The Labute approximate surface area is 210 Å². The third-order valence-electron chi connectivity index (χ3n) is 6.29. The van der Waals surface area contributed by atoms with E-state index in [0.717, 1.165) is 11.1 Å². The molecule has 0 saturated carbocycles. The van der Waals surface area contributed by atoms with Crippen LogP contribution in [0, 0.1) is 0 Å². The van der Waals surface area contributed by atoms with Gasteiger partial charge in [-0.25, -0.2) is 0 Å². The molecule has 2 aromatic rings. The number of carbonyl (C=O) groups is 3. The Kier molecular flexibility index (Phi) is 8.36. The van der Waals surface area contributed by atoms with Gasteiger partial charge in [-0.3, -0.25) is 14.4 Å². The van der Waals surface area contributed by atoms with Crippen LogP contribution in [0.5, 0.6) is 0 Å². The Morgan fingerprint density at radius 1 is 0.946 bits per heavy atom. The number of benzene rings is 2. The van der Waals surface area contributed by atoms with Crippen molar-refractivity contribution in [2.75, 3.05) is 6.54 Å². The maximum absolute atomic E-state index is 13.3. The quantitative estimate of drug-likeness (QED) is 0.371. The molecule has 1 unspecified atom stereocenters. The maximum atomic E-state index is 13.3. The molecule has 0 heterocycles. The first-order valence-corrected chi connectivity index (χ1v) is 11.8. The van der Waals surface area contributed by atoms with E-state index in [-0.39, 0.29) is 12.8 Å². The maximum Gasteiger partial charge on any atom is 0.455 e. The molecule has 37 heavy (non-hydrogen) atoms. The molecule has 0 aliphatic heterocycles. The number of alkyl halides is 5. The highest BCUT2D eigenvalue weighted by atomic mass is 19.4. The minimum Gasteiger partial charge on any atom is -0.372 e. The number of amides is 2. The number of aliphatic hydroxyl groups is 1. The molecule has 2 aromatic carbocycles. The molecule has 1 aliphatic carbocycles. The molecule has 0 fully saturated rings. The molecule has 2 amide bonds. The number of Topliss-reactive ketones (excluding diaryl/α,β-unsaturated/α-hetero) is 1. The summed E-state index contributed by atoms with van der Waals surface area (Å²) in [7, 11) is 0. The molecular weight excluding hydrogens is 499 g/mol.